The Morgan fingerprint density at radius 3 is 2.91 bits per heavy atom. The molecule has 0 radical (unpaired) electrons. The van der Waals surface area contributed by atoms with Gasteiger partial charge in [0.25, 0.3) is 5.91 Å². The number of amides is 1. The van der Waals surface area contributed by atoms with Crippen LogP contribution in [0.25, 0.3) is 5.13 Å². The highest BCUT2D eigenvalue weighted by molar-refractivity contribution is 7.12. The Hall–Kier alpha value is -1.66. The van der Waals surface area contributed by atoms with Gasteiger partial charge in [-0.25, -0.2) is 4.98 Å². The molecule has 1 aliphatic heterocycles. The van der Waals surface area contributed by atoms with Crippen molar-refractivity contribution >= 4 is 17.2 Å². The highest BCUT2D eigenvalue weighted by Crippen LogP contribution is 2.26. The molecular formula is C17H23N3O2S. The smallest absolute Gasteiger partial charge is 0.255 e. The SMILES string of the molecule is Cc1cc(C(=O)N2CCCC(C(C)O)C2)c(C)n1-c1nccs1. The van der Waals surface area contributed by atoms with E-state index in [0.717, 1.165) is 41.5 Å². The molecule has 2 aromatic rings. The fourth-order valence-electron chi connectivity index (χ4n) is 3.36. The fourth-order valence-corrected chi connectivity index (χ4v) is 4.11. The zero-order valence-corrected chi connectivity index (χ0v) is 14.6. The number of piperidine rings is 1. The van der Waals surface area contributed by atoms with Crippen LogP contribution in [0, 0.1) is 19.8 Å². The molecule has 124 valence electrons. The average molecular weight is 333 g/mol. The van der Waals surface area contributed by atoms with Crippen LogP contribution >= 0.6 is 11.3 Å². The maximum Gasteiger partial charge on any atom is 0.255 e. The van der Waals surface area contributed by atoms with E-state index in [1.165, 1.54) is 0 Å². The van der Waals surface area contributed by atoms with E-state index in [1.807, 2.05) is 41.7 Å². The van der Waals surface area contributed by atoms with Crippen LogP contribution in [0.4, 0.5) is 0 Å². The summed E-state index contributed by atoms with van der Waals surface area (Å²) in [5.41, 5.74) is 2.69. The lowest BCUT2D eigenvalue weighted by atomic mass is 9.93. The van der Waals surface area contributed by atoms with E-state index in [2.05, 4.69) is 4.98 Å². The number of nitrogens with zero attached hydrogens (tertiary/aromatic N) is 3. The minimum atomic E-state index is -0.367. The van der Waals surface area contributed by atoms with E-state index in [-0.39, 0.29) is 17.9 Å². The maximum absolute atomic E-state index is 12.9. The van der Waals surface area contributed by atoms with Crippen molar-refractivity contribution in [3.8, 4) is 5.13 Å². The first-order valence-corrected chi connectivity index (χ1v) is 8.93. The van der Waals surface area contributed by atoms with Crippen molar-refractivity contribution in [2.75, 3.05) is 13.1 Å². The van der Waals surface area contributed by atoms with Gasteiger partial charge < -0.3 is 10.0 Å². The summed E-state index contributed by atoms with van der Waals surface area (Å²) in [6.07, 6.45) is 3.35. The van der Waals surface area contributed by atoms with Crippen LogP contribution in [-0.4, -0.2) is 44.7 Å². The molecule has 0 saturated carbocycles. The number of rotatable bonds is 3. The van der Waals surface area contributed by atoms with Crippen molar-refractivity contribution in [3.63, 3.8) is 0 Å². The topological polar surface area (TPSA) is 58.4 Å². The first-order chi connectivity index (χ1) is 11.0. The van der Waals surface area contributed by atoms with Crippen LogP contribution in [0.15, 0.2) is 17.6 Å². The van der Waals surface area contributed by atoms with Gasteiger partial charge in [-0.05, 0) is 39.7 Å². The number of aliphatic hydroxyl groups is 1. The van der Waals surface area contributed by atoms with E-state index in [9.17, 15) is 9.90 Å². The second-order valence-electron chi connectivity index (χ2n) is 6.33. The first-order valence-electron chi connectivity index (χ1n) is 8.05. The molecule has 3 rings (SSSR count). The molecule has 1 amide bonds. The van der Waals surface area contributed by atoms with E-state index < -0.39 is 0 Å². The molecule has 0 aromatic carbocycles. The van der Waals surface area contributed by atoms with Crippen LogP contribution in [0.5, 0.6) is 0 Å². The lowest BCUT2D eigenvalue weighted by Crippen LogP contribution is -2.43. The molecule has 2 aromatic heterocycles. The third kappa shape index (κ3) is 3.05. The quantitative estimate of drug-likeness (QED) is 0.939. The molecule has 0 spiro atoms. The van der Waals surface area contributed by atoms with Crippen molar-refractivity contribution < 1.29 is 9.90 Å². The Balaban J connectivity index is 1.87. The summed E-state index contributed by atoms with van der Waals surface area (Å²) in [7, 11) is 0. The van der Waals surface area contributed by atoms with Crippen molar-refractivity contribution in [1.82, 2.24) is 14.5 Å². The first kappa shape index (κ1) is 16.2. The van der Waals surface area contributed by atoms with Gasteiger partial charge >= 0.3 is 0 Å². The van der Waals surface area contributed by atoms with Gasteiger partial charge in [-0.3, -0.25) is 9.36 Å². The Kier molecular flexibility index (Phi) is 4.55. The van der Waals surface area contributed by atoms with E-state index >= 15 is 0 Å². The molecule has 0 aliphatic carbocycles. The summed E-state index contributed by atoms with van der Waals surface area (Å²) in [6.45, 7) is 7.19. The number of aromatic nitrogens is 2. The fraction of sp³-hybridized carbons (Fsp3) is 0.529. The number of thiazole rings is 1. The molecule has 1 fully saturated rings. The molecule has 3 heterocycles. The minimum absolute atomic E-state index is 0.0613. The second-order valence-corrected chi connectivity index (χ2v) is 7.20. The Morgan fingerprint density at radius 2 is 2.26 bits per heavy atom. The van der Waals surface area contributed by atoms with Crippen molar-refractivity contribution in [3.05, 3.63) is 34.6 Å². The van der Waals surface area contributed by atoms with Crippen molar-refractivity contribution in [2.24, 2.45) is 5.92 Å². The van der Waals surface area contributed by atoms with Gasteiger partial charge in [0.2, 0.25) is 0 Å². The number of carbonyl (C=O) groups excluding carboxylic acids is 1. The summed E-state index contributed by atoms with van der Waals surface area (Å²) in [5.74, 6) is 0.237. The Morgan fingerprint density at radius 1 is 1.48 bits per heavy atom. The molecule has 1 aliphatic rings. The third-order valence-electron chi connectivity index (χ3n) is 4.70. The van der Waals surface area contributed by atoms with Gasteiger partial charge in [0.15, 0.2) is 5.13 Å². The molecule has 2 atom stereocenters. The van der Waals surface area contributed by atoms with E-state index in [1.54, 1.807) is 17.5 Å². The molecule has 2 unspecified atom stereocenters. The van der Waals surface area contributed by atoms with Gasteiger partial charge in [-0.2, -0.15) is 0 Å². The predicted molar refractivity (Wildman–Crippen MR) is 91.2 cm³/mol. The average Bonchev–Trinajstić information content (AvgIpc) is 3.14. The lowest BCUT2D eigenvalue weighted by Gasteiger charge is -2.34. The summed E-state index contributed by atoms with van der Waals surface area (Å²) >= 11 is 1.56. The largest absolute Gasteiger partial charge is 0.393 e. The second kappa shape index (κ2) is 6.45. The number of likely N-dealkylation sites (tertiary alicyclic amines) is 1. The summed E-state index contributed by atoms with van der Waals surface area (Å²) < 4.78 is 2.04. The van der Waals surface area contributed by atoms with Crippen LogP contribution in [0.2, 0.25) is 0 Å². The number of aryl methyl sites for hydroxylation is 1. The number of hydrogen-bond acceptors (Lipinski definition) is 4. The van der Waals surface area contributed by atoms with Crippen LogP contribution in [0.3, 0.4) is 0 Å². The van der Waals surface area contributed by atoms with Gasteiger partial charge in [0, 0.05) is 42.0 Å². The molecule has 1 N–H and O–H groups in total. The molecule has 0 bridgehead atoms. The highest BCUT2D eigenvalue weighted by Gasteiger charge is 2.29. The number of hydrogen-bond donors (Lipinski definition) is 1. The number of carbonyl (C=O) groups is 1. The summed E-state index contributed by atoms with van der Waals surface area (Å²) in [4.78, 5) is 19.2. The highest BCUT2D eigenvalue weighted by atomic mass is 32.1. The molecular weight excluding hydrogens is 310 g/mol. The maximum atomic E-state index is 12.9. The number of aliphatic hydroxyl groups excluding tert-OH is 1. The van der Waals surface area contributed by atoms with Crippen LogP contribution in [-0.2, 0) is 0 Å². The molecule has 5 nitrogen and oxygen atoms in total. The Labute approximate surface area is 140 Å². The van der Waals surface area contributed by atoms with Crippen molar-refractivity contribution in [1.29, 1.82) is 0 Å². The van der Waals surface area contributed by atoms with E-state index in [4.69, 9.17) is 0 Å². The molecule has 1 saturated heterocycles. The van der Waals surface area contributed by atoms with Gasteiger partial charge in [0.1, 0.15) is 0 Å². The van der Waals surface area contributed by atoms with Crippen LogP contribution < -0.4 is 0 Å². The third-order valence-corrected chi connectivity index (χ3v) is 5.46. The van der Waals surface area contributed by atoms with Gasteiger partial charge in [-0.1, -0.05) is 0 Å². The summed E-state index contributed by atoms with van der Waals surface area (Å²) in [6, 6.07) is 1.95. The predicted octanol–water partition coefficient (Wildman–Crippen LogP) is 2.78. The standard InChI is InChI=1S/C17H23N3O2S/c1-11-9-15(12(2)20(11)17-18-6-8-23-17)16(22)19-7-4-5-14(10-19)13(3)21/h6,8-9,13-14,21H,4-5,7,10H2,1-3H3. The van der Waals surface area contributed by atoms with E-state index in [0.29, 0.717) is 6.54 Å². The normalized spacial score (nSPS) is 19.8. The zero-order chi connectivity index (χ0) is 16.6. The minimum Gasteiger partial charge on any atom is -0.393 e. The zero-order valence-electron chi connectivity index (χ0n) is 13.8. The molecule has 23 heavy (non-hydrogen) atoms. The van der Waals surface area contributed by atoms with Gasteiger partial charge in [0.05, 0.1) is 11.7 Å². The Bertz CT molecular complexity index is 691. The summed E-state index contributed by atoms with van der Waals surface area (Å²) in [5, 5.41) is 12.7. The lowest BCUT2D eigenvalue weighted by molar-refractivity contribution is 0.0465. The van der Waals surface area contributed by atoms with Crippen LogP contribution in [0.1, 0.15) is 41.5 Å². The monoisotopic (exact) mass is 333 g/mol. The van der Waals surface area contributed by atoms with Crippen molar-refractivity contribution in [2.45, 2.75) is 39.7 Å². The van der Waals surface area contributed by atoms with Gasteiger partial charge in [-0.15, -0.1) is 11.3 Å². The molecule has 6 heteroatoms.